The summed E-state index contributed by atoms with van der Waals surface area (Å²) in [6, 6.07) is 1.61. The minimum absolute atomic E-state index is 0.248. The Labute approximate surface area is 83.9 Å². The Kier molecular flexibility index (Phi) is 2.05. The maximum absolute atomic E-state index is 11.1. The Bertz CT molecular complexity index is 519. The summed E-state index contributed by atoms with van der Waals surface area (Å²) >= 11 is 5.85. The number of nitrogens with zero attached hydrogens (tertiary/aromatic N) is 1. The first-order chi connectivity index (χ1) is 6.74. The third-order valence-corrected chi connectivity index (χ3v) is 2.20. The highest BCUT2D eigenvalue weighted by Crippen LogP contribution is 2.22. The lowest BCUT2D eigenvalue weighted by molar-refractivity contribution is -0.104. The first-order valence-corrected chi connectivity index (χ1v) is 4.23. The quantitative estimate of drug-likeness (QED) is 0.463. The normalized spacial score (nSPS) is 10.4. The number of fused-ring (bicyclic) bond motifs is 1. The lowest BCUT2D eigenvalue weighted by Gasteiger charge is -1.92. The number of carbonyl (C=O) groups excluding carboxylic acids is 2. The summed E-state index contributed by atoms with van der Waals surface area (Å²) in [6.07, 6.45) is 3.17. The zero-order valence-corrected chi connectivity index (χ0v) is 7.71. The molecule has 0 spiro atoms. The van der Waals surface area contributed by atoms with Crippen LogP contribution < -0.4 is 0 Å². The molecule has 14 heavy (non-hydrogen) atoms. The number of aldehydes is 1. The molecule has 0 aromatic carbocycles. The summed E-state index contributed by atoms with van der Waals surface area (Å²) in [5.41, 5.74) is 1.24. The molecule has 0 fully saturated rings. The van der Waals surface area contributed by atoms with Gasteiger partial charge in [0.25, 0.3) is 0 Å². The number of ketones is 1. The van der Waals surface area contributed by atoms with E-state index in [0.717, 1.165) is 0 Å². The molecule has 0 aliphatic heterocycles. The second kappa shape index (κ2) is 3.23. The van der Waals surface area contributed by atoms with E-state index in [1.807, 2.05) is 0 Å². The highest BCUT2D eigenvalue weighted by molar-refractivity contribution is 6.38. The van der Waals surface area contributed by atoms with Gasteiger partial charge in [0.05, 0.1) is 16.1 Å². The zero-order chi connectivity index (χ0) is 10.1. The molecule has 0 aliphatic rings. The third kappa shape index (κ3) is 1.20. The van der Waals surface area contributed by atoms with Gasteiger partial charge in [-0.25, -0.2) is 0 Å². The molecule has 0 bridgehead atoms. The molecule has 2 rings (SSSR count). The number of Topliss-reactive ketones (excluding diaryl/α,β-unsaturated/α-hetero) is 1. The topological polar surface area (TPSA) is 62.8 Å². The molecule has 0 radical (unpaired) electrons. The largest absolute Gasteiger partial charge is 0.358 e. The molecule has 5 heteroatoms. The fourth-order valence-electron chi connectivity index (χ4n) is 1.24. The standard InChI is InChI=1S/C9H5ClN2O2/c10-6-1-2-11-8-5(7(14)4-13)3-12-9(6)8/h1-4,12H. The molecule has 0 amide bonds. The molecular weight excluding hydrogens is 204 g/mol. The van der Waals surface area contributed by atoms with Crippen molar-refractivity contribution in [1.29, 1.82) is 0 Å². The van der Waals surface area contributed by atoms with E-state index in [2.05, 4.69) is 9.97 Å². The summed E-state index contributed by atoms with van der Waals surface area (Å²) in [5.74, 6) is -0.606. The van der Waals surface area contributed by atoms with Gasteiger partial charge in [-0.15, -0.1) is 0 Å². The number of nitrogens with one attached hydrogen (secondary N) is 1. The van der Waals surface area contributed by atoms with Crippen molar-refractivity contribution in [2.75, 3.05) is 0 Å². The number of hydrogen-bond donors (Lipinski definition) is 1. The molecule has 70 valence electrons. The number of hydrogen-bond acceptors (Lipinski definition) is 3. The van der Waals surface area contributed by atoms with Crippen molar-refractivity contribution in [3.63, 3.8) is 0 Å². The van der Waals surface area contributed by atoms with Gasteiger partial charge in [0.15, 0.2) is 6.29 Å². The van der Waals surface area contributed by atoms with Crippen molar-refractivity contribution in [3.05, 3.63) is 29.0 Å². The van der Waals surface area contributed by atoms with E-state index in [-0.39, 0.29) is 11.8 Å². The van der Waals surface area contributed by atoms with Crippen molar-refractivity contribution >= 4 is 34.7 Å². The van der Waals surface area contributed by atoms with Gasteiger partial charge >= 0.3 is 0 Å². The average Bonchev–Trinajstić information content (AvgIpc) is 2.62. The number of rotatable bonds is 2. The van der Waals surface area contributed by atoms with Crippen LogP contribution in [0.1, 0.15) is 10.4 Å². The molecule has 0 saturated carbocycles. The minimum atomic E-state index is -0.606. The Morgan fingerprint density at radius 2 is 2.36 bits per heavy atom. The number of aromatic amines is 1. The Morgan fingerprint density at radius 1 is 1.57 bits per heavy atom. The van der Waals surface area contributed by atoms with Crippen molar-refractivity contribution in [2.24, 2.45) is 0 Å². The molecule has 2 aromatic heterocycles. The lowest BCUT2D eigenvalue weighted by Crippen LogP contribution is -1.98. The summed E-state index contributed by atoms with van der Waals surface area (Å²) in [7, 11) is 0. The molecule has 0 saturated heterocycles. The van der Waals surface area contributed by atoms with E-state index < -0.39 is 5.78 Å². The van der Waals surface area contributed by atoms with Crippen LogP contribution in [-0.2, 0) is 4.79 Å². The number of aromatic nitrogens is 2. The van der Waals surface area contributed by atoms with Crippen LogP contribution in [-0.4, -0.2) is 22.0 Å². The summed E-state index contributed by atoms with van der Waals surface area (Å²) in [4.78, 5) is 28.2. The van der Waals surface area contributed by atoms with Crippen molar-refractivity contribution in [2.45, 2.75) is 0 Å². The first kappa shape index (κ1) is 8.90. The minimum Gasteiger partial charge on any atom is -0.358 e. The number of H-pyrrole nitrogens is 1. The molecule has 0 aliphatic carbocycles. The van der Waals surface area contributed by atoms with Crippen LogP contribution in [0.2, 0.25) is 5.02 Å². The highest BCUT2D eigenvalue weighted by Gasteiger charge is 2.13. The monoisotopic (exact) mass is 208 g/mol. The van der Waals surface area contributed by atoms with E-state index in [0.29, 0.717) is 16.1 Å². The molecule has 2 heterocycles. The second-order valence-corrected chi connectivity index (χ2v) is 3.11. The van der Waals surface area contributed by atoms with Crippen molar-refractivity contribution in [1.82, 2.24) is 9.97 Å². The van der Waals surface area contributed by atoms with Gasteiger partial charge < -0.3 is 4.98 Å². The Balaban J connectivity index is 2.75. The van der Waals surface area contributed by atoms with Gasteiger partial charge in [-0.3, -0.25) is 14.6 Å². The third-order valence-electron chi connectivity index (χ3n) is 1.89. The van der Waals surface area contributed by atoms with Gasteiger partial charge in [-0.05, 0) is 6.07 Å². The zero-order valence-electron chi connectivity index (χ0n) is 6.95. The smallest absolute Gasteiger partial charge is 0.229 e. The van der Waals surface area contributed by atoms with Crippen LogP contribution in [0.15, 0.2) is 18.5 Å². The van der Waals surface area contributed by atoms with Crippen LogP contribution >= 0.6 is 11.6 Å². The summed E-state index contributed by atoms with van der Waals surface area (Å²) < 4.78 is 0. The number of carbonyl (C=O) groups is 2. The van der Waals surface area contributed by atoms with Gasteiger partial charge in [0.1, 0.15) is 5.52 Å². The number of pyridine rings is 1. The maximum atomic E-state index is 11.1. The Hall–Kier alpha value is -1.68. The van der Waals surface area contributed by atoms with Gasteiger partial charge in [0.2, 0.25) is 5.78 Å². The number of halogens is 1. The van der Waals surface area contributed by atoms with Gasteiger partial charge in [-0.2, -0.15) is 0 Å². The van der Waals surface area contributed by atoms with Crippen molar-refractivity contribution in [3.8, 4) is 0 Å². The first-order valence-electron chi connectivity index (χ1n) is 3.85. The van der Waals surface area contributed by atoms with E-state index in [9.17, 15) is 9.59 Å². The molecule has 1 N–H and O–H groups in total. The van der Waals surface area contributed by atoms with Crippen molar-refractivity contribution < 1.29 is 9.59 Å². The second-order valence-electron chi connectivity index (χ2n) is 2.70. The van der Waals surface area contributed by atoms with Crippen LogP contribution in [0, 0.1) is 0 Å². The summed E-state index contributed by atoms with van der Waals surface area (Å²) in [6.45, 7) is 0. The van der Waals surface area contributed by atoms with E-state index >= 15 is 0 Å². The molecular formula is C9H5ClN2O2. The van der Waals surface area contributed by atoms with E-state index in [1.165, 1.54) is 12.4 Å². The molecule has 0 unspecified atom stereocenters. The van der Waals surface area contributed by atoms with Crippen LogP contribution in [0.3, 0.4) is 0 Å². The van der Waals surface area contributed by atoms with Crippen LogP contribution in [0.25, 0.3) is 11.0 Å². The molecule has 0 atom stereocenters. The van der Waals surface area contributed by atoms with Gasteiger partial charge in [-0.1, -0.05) is 11.6 Å². The highest BCUT2D eigenvalue weighted by atomic mass is 35.5. The fraction of sp³-hybridized carbons (Fsp3) is 0. The molecule has 2 aromatic rings. The summed E-state index contributed by atoms with van der Waals surface area (Å²) in [5, 5.41) is 0.472. The van der Waals surface area contributed by atoms with Gasteiger partial charge in [0, 0.05) is 12.4 Å². The van der Waals surface area contributed by atoms with E-state index in [4.69, 9.17) is 11.6 Å². The SMILES string of the molecule is O=CC(=O)c1c[nH]c2c(Cl)ccnc12. The lowest BCUT2D eigenvalue weighted by atomic mass is 10.2. The van der Waals surface area contributed by atoms with Crippen LogP contribution in [0.4, 0.5) is 0 Å². The average molecular weight is 209 g/mol. The van der Waals surface area contributed by atoms with E-state index in [1.54, 1.807) is 6.07 Å². The van der Waals surface area contributed by atoms with Crippen LogP contribution in [0.5, 0.6) is 0 Å². The predicted octanol–water partition coefficient (Wildman–Crippen LogP) is 1.60. The Morgan fingerprint density at radius 3 is 3.07 bits per heavy atom. The maximum Gasteiger partial charge on any atom is 0.229 e. The molecule has 4 nitrogen and oxygen atoms in total. The predicted molar refractivity (Wildman–Crippen MR) is 51.5 cm³/mol. The fourth-order valence-corrected chi connectivity index (χ4v) is 1.44.